The molecule has 3 amide bonds. The van der Waals surface area contributed by atoms with Gasteiger partial charge in [0.1, 0.15) is 5.75 Å². The second-order valence-electron chi connectivity index (χ2n) is 5.23. The number of ether oxygens (including phenoxy) is 2. The first-order chi connectivity index (χ1) is 10.7. The highest BCUT2D eigenvalue weighted by molar-refractivity contribution is 6.32. The summed E-state index contributed by atoms with van der Waals surface area (Å²) in [6.07, 6.45) is -1.15. The maximum absolute atomic E-state index is 11.8. The van der Waals surface area contributed by atoms with Crippen LogP contribution in [0.5, 0.6) is 5.75 Å². The summed E-state index contributed by atoms with van der Waals surface area (Å²) in [6, 6.07) is 4.11. The minimum Gasteiger partial charge on any atom is -0.480 e. The molecule has 0 saturated heterocycles. The van der Waals surface area contributed by atoms with Crippen LogP contribution in [0.15, 0.2) is 18.2 Å². The highest BCUT2D eigenvalue weighted by atomic mass is 35.5. The number of carbonyl (C=O) groups is 3. The highest BCUT2D eigenvalue weighted by Gasteiger charge is 2.27. The lowest BCUT2D eigenvalue weighted by molar-refractivity contribution is -0.160. The largest absolute Gasteiger partial charge is 0.480 e. The third-order valence-electron chi connectivity index (χ3n) is 2.80. The van der Waals surface area contributed by atoms with Gasteiger partial charge in [-0.1, -0.05) is 31.5 Å². The SMILES string of the molecule is Cc1ccc(Cl)c(OCC(=O)OC(C(=O)NC(N)=O)C(C)C)c1. The third-order valence-corrected chi connectivity index (χ3v) is 3.11. The number of primary amides is 1. The number of esters is 1. The van der Waals surface area contributed by atoms with Gasteiger partial charge in [0.15, 0.2) is 12.7 Å². The predicted molar refractivity (Wildman–Crippen MR) is 84.1 cm³/mol. The standard InChI is InChI=1S/C15H19ClN2O5/c1-8(2)13(14(20)18-15(17)21)23-12(19)7-22-11-6-9(3)4-5-10(11)16/h4-6,8,13H,7H2,1-3H3,(H3,17,18,20,21). The van der Waals surface area contributed by atoms with Gasteiger partial charge in [-0.3, -0.25) is 10.1 Å². The number of nitrogens with one attached hydrogen (secondary N) is 1. The van der Waals surface area contributed by atoms with Gasteiger partial charge in [-0.05, 0) is 30.5 Å². The lowest BCUT2D eigenvalue weighted by Gasteiger charge is -2.20. The number of rotatable bonds is 6. The van der Waals surface area contributed by atoms with Crippen molar-refractivity contribution in [3.63, 3.8) is 0 Å². The number of amides is 3. The maximum atomic E-state index is 11.8. The van der Waals surface area contributed by atoms with E-state index in [0.29, 0.717) is 10.8 Å². The molecule has 8 heteroatoms. The molecule has 0 aliphatic rings. The van der Waals surface area contributed by atoms with Gasteiger partial charge in [0.05, 0.1) is 5.02 Å². The lowest BCUT2D eigenvalue weighted by Crippen LogP contribution is -2.46. The Hall–Kier alpha value is -2.28. The van der Waals surface area contributed by atoms with Crippen molar-refractivity contribution >= 4 is 29.5 Å². The van der Waals surface area contributed by atoms with E-state index in [9.17, 15) is 14.4 Å². The predicted octanol–water partition coefficient (Wildman–Crippen LogP) is 1.79. The fourth-order valence-electron chi connectivity index (χ4n) is 1.72. The van der Waals surface area contributed by atoms with E-state index >= 15 is 0 Å². The highest BCUT2D eigenvalue weighted by Crippen LogP contribution is 2.25. The van der Waals surface area contributed by atoms with Crippen molar-refractivity contribution in [3.8, 4) is 5.75 Å². The van der Waals surface area contributed by atoms with Crippen LogP contribution in [-0.2, 0) is 14.3 Å². The molecule has 0 bridgehead atoms. The first-order valence-electron chi connectivity index (χ1n) is 6.89. The molecule has 1 aromatic carbocycles. The summed E-state index contributed by atoms with van der Waals surface area (Å²) in [6.45, 7) is 4.76. The Morgan fingerprint density at radius 2 is 1.96 bits per heavy atom. The summed E-state index contributed by atoms with van der Waals surface area (Å²) in [7, 11) is 0. The number of carbonyl (C=O) groups excluding carboxylic acids is 3. The molecule has 0 spiro atoms. The van der Waals surface area contributed by atoms with Gasteiger partial charge in [0.2, 0.25) is 0 Å². The summed E-state index contributed by atoms with van der Waals surface area (Å²) in [5, 5.41) is 2.24. The number of halogens is 1. The van der Waals surface area contributed by atoms with Crippen molar-refractivity contribution in [2.24, 2.45) is 11.7 Å². The number of nitrogens with two attached hydrogens (primary N) is 1. The van der Waals surface area contributed by atoms with E-state index in [4.69, 9.17) is 26.8 Å². The van der Waals surface area contributed by atoms with Crippen LogP contribution < -0.4 is 15.8 Å². The van der Waals surface area contributed by atoms with Crippen LogP contribution >= 0.6 is 11.6 Å². The smallest absolute Gasteiger partial charge is 0.344 e. The van der Waals surface area contributed by atoms with Crippen LogP contribution in [0.4, 0.5) is 4.79 Å². The topological polar surface area (TPSA) is 108 Å². The number of hydrogen-bond donors (Lipinski definition) is 2. The van der Waals surface area contributed by atoms with Crippen LogP contribution in [-0.4, -0.2) is 30.6 Å². The Bertz CT molecular complexity index is 604. The van der Waals surface area contributed by atoms with Gasteiger partial charge in [-0.2, -0.15) is 0 Å². The summed E-state index contributed by atoms with van der Waals surface area (Å²) < 4.78 is 10.3. The Morgan fingerprint density at radius 3 is 2.52 bits per heavy atom. The van der Waals surface area contributed by atoms with E-state index in [2.05, 4.69) is 0 Å². The van der Waals surface area contributed by atoms with Crippen LogP contribution in [0.25, 0.3) is 0 Å². The average Bonchev–Trinajstić information content (AvgIpc) is 2.44. The summed E-state index contributed by atoms with van der Waals surface area (Å²) in [5.74, 6) is -1.55. The van der Waals surface area contributed by atoms with Gasteiger partial charge in [-0.25, -0.2) is 9.59 Å². The maximum Gasteiger partial charge on any atom is 0.344 e. The molecule has 0 radical (unpaired) electrons. The van der Waals surface area contributed by atoms with Crippen molar-refractivity contribution in [3.05, 3.63) is 28.8 Å². The molecular weight excluding hydrogens is 324 g/mol. The van der Waals surface area contributed by atoms with Crippen molar-refractivity contribution in [2.45, 2.75) is 26.9 Å². The van der Waals surface area contributed by atoms with Gasteiger partial charge < -0.3 is 15.2 Å². The Balaban J connectivity index is 2.64. The summed E-state index contributed by atoms with van der Waals surface area (Å²) >= 11 is 5.95. The van der Waals surface area contributed by atoms with Crippen molar-refractivity contribution in [2.75, 3.05) is 6.61 Å². The molecule has 7 nitrogen and oxygen atoms in total. The normalized spacial score (nSPS) is 11.7. The molecule has 1 unspecified atom stereocenters. The zero-order valence-electron chi connectivity index (χ0n) is 13.1. The van der Waals surface area contributed by atoms with Gasteiger partial charge in [-0.15, -0.1) is 0 Å². The number of urea groups is 1. The zero-order chi connectivity index (χ0) is 17.6. The molecule has 1 aromatic rings. The second-order valence-corrected chi connectivity index (χ2v) is 5.64. The molecule has 0 aliphatic heterocycles. The van der Waals surface area contributed by atoms with E-state index in [0.717, 1.165) is 5.56 Å². The summed E-state index contributed by atoms with van der Waals surface area (Å²) in [5.41, 5.74) is 5.79. The number of benzene rings is 1. The second kappa shape index (κ2) is 8.38. The fraction of sp³-hybridized carbons (Fsp3) is 0.400. The Morgan fingerprint density at radius 1 is 1.30 bits per heavy atom. The van der Waals surface area contributed by atoms with Gasteiger partial charge in [0.25, 0.3) is 5.91 Å². The molecule has 0 saturated carbocycles. The fourth-order valence-corrected chi connectivity index (χ4v) is 1.89. The number of hydrogen-bond acceptors (Lipinski definition) is 5. The first kappa shape index (κ1) is 18.8. The number of imide groups is 1. The average molecular weight is 343 g/mol. The molecule has 126 valence electrons. The first-order valence-corrected chi connectivity index (χ1v) is 7.27. The van der Waals surface area contributed by atoms with Crippen molar-refractivity contribution in [1.29, 1.82) is 0 Å². The minimum atomic E-state index is -1.15. The van der Waals surface area contributed by atoms with E-state index in [-0.39, 0.29) is 5.92 Å². The van der Waals surface area contributed by atoms with E-state index in [1.807, 2.05) is 12.2 Å². The van der Waals surface area contributed by atoms with Crippen LogP contribution in [0.3, 0.4) is 0 Å². The van der Waals surface area contributed by atoms with Crippen LogP contribution in [0.2, 0.25) is 5.02 Å². The molecule has 3 N–H and O–H groups in total. The third kappa shape index (κ3) is 6.15. The molecule has 0 aliphatic carbocycles. The van der Waals surface area contributed by atoms with Crippen LogP contribution in [0, 0.1) is 12.8 Å². The zero-order valence-corrected chi connectivity index (χ0v) is 13.8. The van der Waals surface area contributed by atoms with Crippen molar-refractivity contribution in [1.82, 2.24) is 5.32 Å². The van der Waals surface area contributed by atoms with Gasteiger partial charge >= 0.3 is 12.0 Å². The molecule has 0 fully saturated rings. The van der Waals surface area contributed by atoms with E-state index < -0.39 is 30.6 Å². The number of aryl methyl sites for hydroxylation is 1. The van der Waals surface area contributed by atoms with E-state index in [1.54, 1.807) is 32.0 Å². The molecule has 23 heavy (non-hydrogen) atoms. The minimum absolute atomic E-state index is 0.339. The molecule has 0 aromatic heterocycles. The molecule has 0 heterocycles. The van der Waals surface area contributed by atoms with Gasteiger partial charge in [0, 0.05) is 0 Å². The summed E-state index contributed by atoms with van der Waals surface area (Å²) in [4.78, 5) is 34.3. The van der Waals surface area contributed by atoms with Crippen LogP contribution in [0.1, 0.15) is 19.4 Å². The lowest BCUT2D eigenvalue weighted by atomic mass is 10.1. The quantitative estimate of drug-likeness (QED) is 0.766. The Kier molecular flexibility index (Phi) is 6.84. The Labute approximate surface area is 139 Å². The molecular formula is C15H19ClN2O5. The monoisotopic (exact) mass is 342 g/mol. The molecule has 1 rings (SSSR count). The van der Waals surface area contributed by atoms with Crippen molar-refractivity contribution < 1.29 is 23.9 Å². The van der Waals surface area contributed by atoms with E-state index in [1.165, 1.54) is 0 Å². The molecule has 1 atom stereocenters.